The van der Waals surface area contributed by atoms with Gasteiger partial charge in [0, 0.05) is 19.5 Å². The van der Waals surface area contributed by atoms with Gasteiger partial charge >= 0.3 is 0 Å². The van der Waals surface area contributed by atoms with E-state index in [2.05, 4.69) is 11.9 Å². The number of carbonyl (C=O) groups is 1. The summed E-state index contributed by atoms with van der Waals surface area (Å²) in [6.07, 6.45) is 4.92. The number of nitrogens with zero attached hydrogens (tertiary/aromatic N) is 1. The third kappa shape index (κ3) is 3.84. The summed E-state index contributed by atoms with van der Waals surface area (Å²) in [5.41, 5.74) is 1.19. The largest absolute Gasteiger partial charge is 0.490 e. The van der Waals surface area contributed by atoms with E-state index in [1.807, 2.05) is 24.3 Å². The van der Waals surface area contributed by atoms with Crippen LogP contribution >= 0.6 is 0 Å². The van der Waals surface area contributed by atoms with Crippen molar-refractivity contribution in [2.45, 2.75) is 31.8 Å². The molecular formula is C15H21NO2. The Morgan fingerprint density at radius 2 is 1.94 bits per heavy atom. The van der Waals surface area contributed by atoms with Crippen LogP contribution in [0.2, 0.25) is 0 Å². The van der Waals surface area contributed by atoms with Crippen LogP contribution in [0.4, 0.5) is 0 Å². The molecule has 98 valence electrons. The second-order valence-corrected chi connectivity index (χ2v) is 4.97. The number of benzene rings is 1. The number of hydrogen-bond acceptors (Lipinski definition) is 3. The lowest BCUT2D eigenvalue weighted by Crippen LogP contribution is -2.35. The van der Waals surface area contributed by atoms with Crippen molar-refractivity contribution in [1.29, 1.82) is 0 Å². The van der Waals surface area contributed by atoms with E-state index in [1.54, 1.807) is 0 Å². The molecule has 1 aromatic rings. The van der Waals surface area contributed by atoms with Crippen molar-refractivity contribution in [3.63, 3.8) is 0 Å². The Bertz CT molecular complexity index is 367. The summed E-state index contributed by atoms with van der Waals surface area (Å²) in [5.74, 6) is 0.944. The van der Waals surface area contributed by atoms with Gasteiger partial charge in [-0.25, -0.2) is 0 Å². The van der Waals surface area contributed by atoms with Crippen molar-refractivity contribution < 1.29 is 9.53 Å². The molecule has 2 rings (SSSR count). The average molecular weight is 247 g/mol. The highest BCUT2D eigenvalue weighted by Gasteiger charge is 2.17. The Balaban J connectivity index is 1.84. The smallest absolute Gasteiger partial charge is 0.120 e. The molecule has 0 saturated carbocycles. The molecule has 0 amide bonds. The second kappa shape index (κ2) is 6.55. The van der Waals surface area contributed by atoms with Gasteiger partial charge in [-0.3, -0.25) is 0 Å². The third-order valence-electron chi connectivity index (χ3n) is 3.44. The predicted octanol–water partition coefficient (Wildman–Crippen LogP) is 2.29. The van der Waals surface area contributed by atoms with Crippen LogP contribution in [-0.4, -0.2) is 37.4 Å². The van der Waals surface area contributed by atoms with Gasteiger partial charge in [0.2, 0.25) is 0 Å². The first-order chi connectivity index (χ1) is 8.78. The van der Waals surface area contributed by atoms with Gasteiger partial charge in [-0.15, -0.1) is 0 Å². The van der Waals surface area contributed by atoms with Crippen LogP contribution in [0.1, 0.15) is 24.8 Å². The molecule has 1 aromatic carbocycles. The van der Waals surface area contributed by atoms with Gasteiger partial charge in [-0.1, -0.05) is 12.1 Å². The normalized spacial score (nSPS) is 17.6. The Kier molecular flexibility index (Phi) is 4.76. The molecule has 0 spiro atoms. The van der Waals surface area contributed by atoms with Gasteiger partial charge in [0.05, 0.1) is 0 Å². The molecule has 1 aliphatic rings. The number of rotatable bonds is 5. The zero-order valence-electron chi connectivity index (χ0n) is 11.0. The van der Waals surface area contributed by atoms with Crippen molar-refractivity contribution in [3.8, 4) is 5.75 Å². The van der Waals surface area contributed by atoms with Gasteiger partial charge in [-0.2, -0.15) is 0 Å². The molecule has 0 bridgehead atoms. The molecule has 3 heteroatoms. The molecule has 1 saturated heterocycles. The molecule has 0 aromatic heterocycles. The first-order valence-electron chi connectivity index (χ1n) is 6.65. The van der Waals surface area contributed by atoms with Crippen molar-refractivity contribution in [2.24, 2.45) is 0 Å². The maximum absolute atomic E-state index is 10.3. The monoisotopic (exact) mass is 247 g/mol. The topological polar surface area (TPSA) is 29.5 Å². The van der Waals surface area contributed by atoms with Gasteiger partial charge < -0.3 is 14.4 Å². The van der Waals surface area contributed by atoms with Crippen molar-refractivity contribution in [1.82, 2.24) is 4.90 Å². The van der Waals surface area contributed by atoms with E-state index in [-0.39, 0.29) is 0 Å². The Labute approximate surface area is 109 Å². The van der Waals surface area contributed by atoms with Crippen LogP contribution in [-0.2, 0) is 11.2 Å². The van der Waals surface area contributed by atoms with Crippen molar-refractivity contribution in [3.05, 3.63) is 29.8 Å². The van der Waals surface area contributed by atoms with E-state index in [4.69, 9.17) is 4.74 Å². The van der Waals surface area contributed by atoms with Crippen LogP contribution in [0, 0.1) is 0 Å². The minimum Gasteiger partial charge on any atom is -0.490 e. The lowest BCUT2D eigenvalue weighted by molar-refractivity contribution is -0.107. The zero-order valence-corrected chi connectivity index (χ0v) is 11.0. The summed E-state index contributed by atoms with van der Waals surface area (Å²) in [6.45, 7) is 2.23. The quantitative estimate of drug-likeness (QED) is 0.748. The molecule has 0 aliphatic carbocycles. The highest BCUT2D eigenvalue weighted by molar-refractivity contribution is 5.50. The number of aryl methyl sites for hydroxylation is 1. The molecule has 0 atom stereocenters. The van der Waals surface area contributed by atoms with E-state index in [1.165, 1.54) is 5.56 Å². The summed E-state index contributed by atoms with van der Waals surface area (Å²) in [6, 6.07) is 8.12. The van der Waals surface area contributed by atoms with Crippen LogP contribution in [0.3, 0.4) is 0 Å². The minimum atomic E-state index is 0.349. The zero-order chi connectivity index (χ0) is 12.8. The maximum Gasteiger partial charge on any atom is 0.120 e. The summed E-state index contributed by atoms with van der Waals surface area (Å²) in [7, 11) is 2.15. The Morgan fingerprint density at radius 3 is 2.56 bits per heavy atom. The molecule has 0 N–H and O–H groups in total. The van der Waals surface area contributed by atoms with E-state index in [9.17, 15) is 4.79 Å². The highest BCUT2D eigenvalue weighted by Crippen LogP contribution is 2.19. The van der Waals surface area contributed by atoms with Crippen LogP contribution in [0.5, 0.6) is 5.75 Å². The second-order valence-electron chi connectivity index (χ2n) is 4.97. The van der Waals surface area contributed by atoms with E-state index >= 15 is 0 Å². The van der Waals surface area contributed by atoms with E-state index < -0.39 is 0 Å². The molecule has 3 nitrogen and oxygen atoms in total. The first kappa shape index (κ1) is 13.1. The van der Waals surface area contributed by atoms with E-state index in [0.717, 1.165) is 44.4 Å². The number of hydrogen-bond donors (Lipinski definition) is 0. The lowest BCUT2D eigenvalue weighted by atomic mass is 10.1. The molecule has 18 heavy (non-hydrogen) atoms. The minimum absolute atomic E-state index is 0.349. The number of aldehydes is 1. The van der Waals surface area contributed by atoms with Crippen LogP contribution in [0.25, 0.3) is 0 Å². The molecule has 1 aliphatic heterocycles. The lowest BCUT2D eigenvalue weighted by Gasteiger charge is -2.29. The van der Waals surface area contributed by atoms with E-state index in [0.29, 0.717) is 12.5 Å². The van der Waals surface area contributed by atoms with Gasteiger partial charge in [0.25, 0.3) is 0 Å². The molecule has 1 fully saturated rings. The van der Waals surface area contributed by atoms with Crippen LogP contribution < -0.4 is 4.74 Å². The summed E-state index contributed by atoms with van der Waals surface area (Å²) < 4.78 is 5.97. The summed E-state index contributed by atoms with van der Waals surface area (Å²) in [4.78, 5) is 12.6. The fourth-order valence-corrected chi connectivity index (χ4v) is 2.26. The number of likely N-dealkylation sites (tertiary alicyclic amines) is 1. The number of ether oxygens (including phenoxy) is 1. The van der Waals surface area contributed by atoms with Gasteiger partial charge in [0.15, 0.2) is 0 Å². The van der Waals surface area contributed by atoms with Gasteiger partial charge in [0.1, 0.15) is 18.1 Å². The molecular weight excluding hydrogens is 226 g/mol. The van der Waals surface area contributed by atoms with Crippen molar-refractivity contribution >= 4 is 6.29 Å². The predicted molar refractivity (Wildman–Crippen MR) is 72.0 cm³/mol. The number of piperidine rings is 1. The fraction of sp³-hybridized carbons (Fsp3) is 0.533. The standard InChI is InChI=1S/C15H21NO2/c1-16-10-8-15(9-11-16)18-14-6-4-13(5-7-14)3-2-12-17/h4-7,12,15H,2-3,8-11H2,1H3. The fourth-order valence-electron chi connectivity index (χ4n) is 2.26. The Hall–Kier alpha value is -1.35. The maximum atomic E-state index is 10.3. The summed E-state index contributed by atoms with van der Waals surface area (Å²) in [5, 5.41) is 0. The molecule has 0 radical (unpaired) electrons. The number of carbonyl (C=O) groups excluding carboxylic acids is 1. The summed E-state index contributed by atoms with van der Waals surface area (Å²) >= 11 is 0. The average Bonchev–Trinajstić information content (AvgIpc) is 2.41. The third-order valence-corrected chi connectivity index (χ3v) is 3.44. The van der Waals surface area contributed by atoms with Gasteiger partial charge in [-0.05, 0) is 44.0 Å². The SMILES string of the molecule is CN1CCC(Oc2ccc(CCC=O)cc2)CC1. The molecule has 1 heterocycles. The molecule has 0 unspecified atom stereocenters. The van der Waals surface area contributed by atoms with Crippen molar-refractivity contribution in [2.75, 3.05) is 20.1 Å². The van der Waals surface area contributed by atoms with Crippen LogP contribution in [0.15, 0.2) is 24.3 Å². The first-order valence-corrected chi connectivity index (χ1v) is 6.65. The Morgan fingerprint density at radius 1 is 1.28 bits per heavy atom. The highest BCUT2D eigenvalue weighted by atomic mass is 16.5.